The molecule has 1 unspecified atom stereocenters. The molecule has 0 aliphatic carbocycles. The number of aromatic nitrogens is 1. The molecular weight excluding hydrogens is 392 g/mol. The molecule has 3 amide bonds. The van der Waals surface area contributed by atoms with Crippen molar-refractivity contribution in [3.63, 3.8) is 0 Å². The fourth-order valence-corrected chi connectivity index (χ4v) is 3.08. The highest BCUT2D eigenvalue weighted by Gasteiger charge is 2.12. The van der Waals surface area contributed by atoms with Crippen molar-refractivity contribution in [2.24, 2.45) is 0 Å². The summed E-state index contributed by atoms with van der Waals surface area (Å²) in [6.45, 7) is 5.89. The number of hydrogen-bond donors (Lipinski definition) is 3. The van der Waals surface area contributed by atoms with Crippen LogP contribution in [0.5, 0.6) is 11.5 Å². The molecule has 31 heavy (non-hydrogen) atoms. The minimum Gasteiger partial charge on any atom is -0.457 e. The van der Waals surface area contributed by atoms with Gasteiger partial charge in [-0.1, -0.05) is 29.8 Å². The number of carbonyl (C=O) groups is 2. The van der Waals surface area contributed by atoms with Crippen LogP contribution < -0.4 is 20.7 Å². The van der Waals surface area contributed by atoms with Gasteiger partial charge in [-0.2, -0.15) is 0 Å². The lowest BCUT2D eigenvalue weighted by Gasteiger charge is -2.16. The van der Waals surface area contributed by atoms with E-state index in [1.54, 1.807) is 19.2 Å². The van der Waals surface area contributed by atoms with Crippen LogP contribution in [0.4, 0.5) is 10.5 Å². The largest absolute Gasteiger partial charge is 0.457 e. The third-order valence-corrected chi connectivity index (χ3v) is 4.78. The second-order valence-electron chi connectivity index (χ2n) is 7.27. The Bertz CT molecular complexity index is 1080. The number of rotatable bonds is 6. The molecule has 2 aromatic carbocycles. The molecule has 3 rings (SSSR count). The van der Waals surface area contributed by atoms with E-state index in [0.29, 0.717) is 11.5 Å². The van der Waals surface area contributed by atoms with Crippen molar-refractivity contribution < 1.29 is 14.3 Å². The summed E-state index contributed by atoms with van der Waals surface area (Å²) in [7, 11) is 1.55. The van der Waals surface area contributed by atoms with Crippen LogP contribution in [0.15, 0.2) is 60.8 Å². The fourth-order valence-electron chi connectivity index (χ4n) is 3.08. The van der Waals surface area contributed by atoms with Gasteiger partial charge in [0, 0.05) is 25.0 Å². The van der Waals surface area contributed by atoms with Crippen molar-refractivity contribution >= 4 is 17.6 Å². The van der Waals surface area contributed by atoms with E-state index in [9.17, 15) is 9.59 Å². The number of nitrogens with one attached hydrogen (secondary N) is 3. The monoisotopic (exact) mass is 418 g/mol. The van der Waals surface area contributed by atoms with Gasteiger partial charge in [-0.05, 0) is 56.2 Å². The number of amides is 3. The summed E-state index contributed by atoms with van der Waals surface area (Å²) in [6, 6.07) is 16.1. The fraction of sp³-hybridized carbons (Fsp3) is 0.208. The number of hydrogen-bond acceptors (Lipinski definition) is 4. The van der Waals surface area contributed by atoms with E-state index >= 15 is 0 Å². The molecule has 0 radical (unpaired) electrons. The van der Waals surface area contributed by atoms with Crippen LogP contribution in [0.1, 0.15) is 40.1 Å². The van der Waals surface area contributed by atoms with Crippen LogP contribution in [0.3, 0.4) is 0 Å². The lowest BCUT2D eigenvalue weighted by Crippen LogP contribution is -2.31. The van der Waals surface area contributed by atoms with Crippen molar-refractivity contribution in [3.8, 4) is 11.5 Å². The Morgan fingerprint density at radius 3 is 2.39 bits per heavy atom. The Hall–Kier alpha value is -3.87. The number of ether oxygens (including phenoxy) is 1. The molecule has 1 atom stereocenters. The Labute approximate surface area is 181 Å². The van der Waals surface area contributed by atoms with Crippen molar-refractivity contribution in [2.45, 2.75) is 26.8 Å². The first-order valence-electron chi connectivity index (χ1n) is 9.96. The predicted octanol–water partition coefficient (Wildman–Crippen LogP) is 4.73. The highest BCUT2D eigenvalue weighted by molar-refractivity contribution is 5.92. The zero-order valence-corrected chi connectivity index (χ0v) is 18.0. The maximum atomic E-state index is 12.4. The normalized spacial score (nSPS) is 11.4. The molecule has 160 valence electrons. The van der Waals surface area contributed by atoms with E-state index in [1.807, 2.05) is 63.2 Å². The van der Waals surface area contributed by atoms with Crippen molar-refractivity contribution in [3.05, 3.63) is 83.2 Å². The number of urea groups is 1. The van der Waals surface area contributed by atoms with Crippen LogP contribution in [-0.2, 0) is 0 Å². The molecule has 0 spiro atoms. The zero-order valence-electron chi connectivity index (χ0n) is 18.0. The highest BCUT2D eigenvalue weighted by Crippen LogP contribution is 2.24. The number of benzene rings is 2. The topological polar surface area (TPSA) is 92.4 Å². The quantitative estimate of drug-likeness (QED) is 0.539. The summed E-state index contributed by atoms with van der Waals surface area (Å²) in [4.78, 5) is 28.1. The molecule has 0 fully saturated rings. The van der Waals surface area contributed by atoms with E-state index in [4.69, 9.17) is 4.74 Å². The van der Waals surface area contributed by atoms with Gasteiger partial charge < -0.3 is 20.7 Å². The Kier molecular flexibility index (Phi) is 6.87. The average molecular weight is 418 g/mol. The number of carbonyl (C=O) groups excluding carboxylic acids is 2. The number of nitrogens with zero attached hydrogens (tertiary/aromatic N) is 1. The SMILES string of the molecule is CNC(=O)c1cc(Oc2ccc(C(C)NC(=O)Nc3ccc(C)cc3C)cc2)ccn1. The second-order valence-corrected chi connectivity index (χ2v) is 7.27. The van der Waals surface area contributed by atoms with Crippen LogP contribution >= 0.6 is 0 Å². The third kappa shape index (κ3) is 5.82. The molecule has 0 saturated heterocycles. The van der Waals surface area contributed by atoms with Crippen LogP contribution in [-0.4, -0.2) is 24.0 Å². The first kappa shape index (κ1) is 21.8. The number of pyridine rings is 1. The van der Waals surface area contributed by atoms with Gasteiger partial charge in [0.25, 0.3) is 5.91 Å². The molecule has 0 aliphatic heterocycles. The van der Waals surface area contributed by atoms with Crippen LogP contribution in [0.25, 0.3) is 0 Å². The molecule has 7 heteroatoms. The summed E-state index contributed by atoms with van der Waals surface area (Å²) in [5.41, 5.74) is 4.16. The standard InChI is InChI=1S/C24H26N4O3/c1-15-5-10-21(16(2)13-15)28-24(30)27-17(3)18-6-8-19(9-7-18)31-20-11-12-26-22(14-20)23(29)25-4/h5-14,17H,1-4H3,(H,25,29)(H2,27,28,30). The van der Waals surface area contributed by atoms with E-state index in [2.05, 4.69) is 20.9 Å². The first-order valence-corrected chi connectivity index (χ1v) is 9.96. The Morgan fingerprint density at radius 1 is 0.968 bits per heavy atom. The molecule has 1 heterocycles. The molecule has 3 N–H and O–H groups in total. The minimum absolute atomic E-state index is 0.194. The number of anilines is 1. The summed E-state index contributed by atoms with van der Waals surface area (Å²) in [5.74, 6) is 0.852. The maximum Gasteiger partial charge on any atom is 0.319 e. The van der Waals surface area contributed by atoms with Gasteiger partial charge in [-0.25, -0.2) is 4.79 Å². The first-order chi connectivity index (χ1) is 14.9. The van der Waals surface area contributed by atoms with Crippen LogP contribution in [0, 0.1) is 13.8 Å². The van der Waals surface area contributed by atoms with Gasteiger partial charge in [-0.15, -0.1) is 0 Å². The maximum absolute atomic E-state index is 12.4. The van der Waals surface area contributed by atoms with Gasteiger partial charge >= 0.3 is 6.03 Å². The third-order valence-electron chi connectivity index (χ3n) is 4.78. The number of aryl methyl sites for hydroxylation is 2. The van der Waals surface area contributed by atoms with E-state index < -0.39 is 0 Å². The van der Waals surface area contributed by atoms with Crippen molar-refractivity contribution in [2.75, 3.05) is 12.4 Å². The smallest absolute Gasteiger partial charge is 0.319 e. The average Bonchev–Trinajstić information content (AvgIpc) is 2.75. The Balaban J connectivity index is 1.60. The molecule has 0 saturated carbocycles. The second kappa shape index (κ2) is 9.75. The van der Waals surface area contributed by atoms with Gasteiger partial charge in [0.1, 0.15) is 17.2 Å². The molecule has 1 aromatic heterocycles. The summed E-state index contributed by atoms with van der Waals surface area (Å²) in [6.07, 6.45) is 1.52. The van der Waals surface area contributed by atoms with Gasteiger partial charge in [0.05, 0.1) is 6.04 Å². The zero-order chi connectivity index (χ0) is 22.4. The van der Waals surface area contributed by atoms with Gasteiger partial charge in [-0.3, -0.25) is 9.78 Å². The molecule has 7 nitrogen and oxygen atoms in total. The van der Waals surface area contributed by atoms with Crippen molar-refractivity contribution in [1.82, 2.24) is 15.6 Å². The molecule has 0 bridgehead atoms. The molecule has 0 aliphatic rings. The van der Waals surface area contributed by atoms with Gasteiger partial charge in [0.2, 0.25) is 0 Å². The van der Waals surface area contributed by atoms with Crippen molar-refractivity contribution in [1.29, 1.82) is 0 Å². The summed E-state index contributed by atoms with van der Waals surface area (Å²) in [5, 5.41) is 8.36. The predicted molar refractivity (Wildman–Crippen MR) is 121 cm³/mol. The van der Waals surface area contributed by atoms with E-state index in [0.717, 1.165) is 22.4 Å². The van der Waals surface area contributed by atoms with Gasteiger partial charge in [0.15, 0.2) is 0 Å². The molecule has 3 aromatic rings. The van der Waals surface area contributed by atoms with Crippen LogP contribution in [0.2, 0.25) is 0 Å². The highest BCUT2D eigenvalue weighted by atomic mass is 16.5. The van der Waals surface area contributed by atoms with E-state index in [1.165, 1.54) is 6.20 Å². The summed E-state index contributed by atoms with van der Waals surface area (Å²) < 4.78 is 5.81. The lowest BCUT2D eigenvalue weighted by atomic mass is 10.1. The summed E-state index contributed by atoms with van der Waals surface area (Å²) >= 11 is 0. The minimum atomic E-state index is -0.278. The molecular formula is C24H26N4O3. The Morgan fingerprint density at radius 2 is 1.71 bits per heavy atom. The van der Waals surface area contributed by atoms with E-state index in [-0.39, 0.29) is 23.7 Å². The lowest BCUT2D eigenvalue weighted by molar-refractivity contribution is 0.0958.